The summed E-state index contributed by atoms with van der Waals surface area (Å²) in [4.78, 5) is 40.1. The minimum Gasteiger partial charge on any atom is -0.504 e. The Labute approximate surface area is 214 Å². The molecule has 2 aromatic heterocycles. The van der Waals surface area contributed by atoms with Gasteiger partial charge in [0.1, 0.15) is 17.4 Å². The lowest BCUT2D eigenvalue weighted by atomic mass is 9.87. The fourth-order valence-corrected chi connectivity index (χ4v) is 4.97. The largest absolute Gasteiger partial charge is 0.504 e. The monoisotopic (exact) mass is 522 g/mol. The molecular formula is C27H26N2O9. The fraction of sp³-hybridized carbons (Fsp3) is 0.296. The van der Waals surface area contributed by atoms with Gasteiger partial charge in [-0.1, -0.05) is 0 Å². The van der Waals surface area contributed by atoms with Gasteiger partial charge in [-0.15, -0.1) is 0 Å². The summed E-state index contributed by atoms with van der Waals surface area (Å²) >= 11 is 0. The van der Waals surface area contributed by atoms with Crippen LogP contribution < -0.4 is 16.6 Å². The highest BCUT2D eigenvalue weighted by atomic mass is 16.5. The number of esters is 1. The fourth-order valence-electron chi connectivity index (χ4n) is 4.97. The molecule has 0 radical (unpaired) electrons. The Morgan fingerprint density at radius 3 is 2.39 bits per heavy atom. The lowest BCUT2D eigenvalue weighted by Gasteiger charge is -2.25. The van der Waals surface area contributed by atoms with Crippen LogP contribution in [0.5, 0.6) is 23.0 Å². The molecule has 1 fully saturated rings. The maximum atomic E-state index is 13.7. The SMILES string of the molecule is Cn1cc(-c2coc3cc(O)c(O)c(C(=O)OC[C@H]4CC[C@H](N)CC4)c3c2=O)c(=O)c2cc(O)c(O)cc21. The average molecular weight is 523 g/mol. The number of fused-ring (bicyclic) bond motifs is 2. The van der Waals surface area contributed by atoms with E-state index in [4.69, 9.17) is 14.9 Å². The lowest BCUT2D eigenvalue weighted by molar-refractivity contribution is 0.0404. The maximum absolute atomic E-state index is 13.7. The molecule has 0 saturated heterocycles. The number of nitrogens with two attached hydrogens (primary N) is 1. The highest BCUT2D eigenvalue weighted by Gasteiger charge is 2.28. The van der Waals surface area contributed by atoms with E-state index in [1.807, 2.05) is 0 Å². The number of carbonyl (C=O) groups is 1. The molecule has 5 rings (SSSR count). The van der Waals surface area contributed by atoms with Crippen molar-refractivity contribution in [3.8, 4) is 34.1 Å². The van der Waals surface area contributed by atoms with Gasteiger partial charge in [-0.2, -0.15) is 0 Å². The van der Waals surface area contributed by atoms with E-state index in [0.717, 1.165) is 44.1 Å². The zero-order chi connectivity index (χ0) is 27.3. The zero-order valence-corrected chi connectivity index (χ0v) is 20.4. The molecule has 0 bridgehead atoms. The van der Waals surface area contributed by atoms with Crippen molar-refractivity contribution in [2.24, 2.45) is 18.7 Å². The van der Waals surface area contributed by atoms with Gasteiger partial charge in [0.05, 0.1) is 34.0 Å². The van der Waals surface area contributed by atoms with Crippen molar-refractivity contribution in [2.75, 3.05) is 6.61 Å². The van der Waals surface area contributed by atoms with E-state index in [1.54, 1.807) is 7.05 Å². The lowest BCUT2D eigenvalue weighted by Crippen LogP contribution is -2.28. The molecule has 4 aromatic rings. The number of rotatable bonds is 4. The number of nitrogens with zero attached hydrogens (tertiary/aromatic N) is 1. The normalized spacial score (nSPS) is 17.6. The second-order valence-corrected chi connectivity index (χ2v) is 9.69. The number of phenolic OH excluding ortho intramolecular Hbond substituents is 4. The number of hydrogen-bond acceptors (Lipinski definition) is 10. The highest BCUT2D eigenvalue weighted by molar-refractivity contribution is 6.07. The van der Waals surface area contributed by atoms with Crippen LogP contribution in [0.1, 0.15) is 36.0 Å². The molecule has 1 aliphatic carbocycles. The molecule has 11 nitrogen and oxygen atoms in total. The van der Waals surface area contributed by atoms with E-state index in [2.05, 4.69) is 0 Å². The number of aryl methyl sites for hydroxylation is 1. The van der Waals surface area contributed by atoms with Crippen molar-refractivity contribution < 1.29 is 34.4 Å². The number of benzene rings is 2. The molecule has 2 aromatic carbocycles. The van der Waals surface area contributed by atoms with E-state index in [1.165, 1.54) is 16.8 Å². The Balaban J connectivity index is 1.64. The Morgan fingerprint density at radius 2 is 1.68 bits per heavy atom. The van der Waals surface area contributed by atoms with Crippen molar-refractivity contribution in [1.82, 2.24) is 4.57 Å². The quantitative estimate of drug-likeness (QED) is 0.197. The van der Waals surface area contributed by atoms with Gasteiger partial charge in [0, 0.05) is 31.4 Å². The van der Waals surface area contributed by atoms with Crippen LogP contribution in [-0.2, 0) is 11.8 Å². The van der Waals surface area contributed by atoms with Gasteiger partial charge in [-0.05, 0) is 37.7 Å². The van der Waals surface area contributed by atoms with E-state index in [-0.39, 0.29) is 46.0 Å². The Bertz CT molecular complexity index is 1710. The average Bonchev–Trinajstić information content (AvgIpc) is 2.88. The third-order valence-electron chi connectivity index (χ3n) is 7.14. The number of ether oxygens (including phenoxy) is 1. The molecule has 11 heteroatoms. The van der Waals surface area contributed by atoms with Crippen LogP contribution in [0.3, 0.4) is 0 Å². The van der Waals surface area contributed by atoms with Gasteiger partial charge >= 0.3 is 5.97 Å². The first kappa shape index (κ1) is 25.2. The summed E-state index contributed by atoms with van der Waals surface area (Å²) in [5.74, 6) is -3.39. The minimum absolute atomic E-state index is 0.0279. The molecule has 0 aliphatic heterocycles. The third-order valence-corrected chi connectivity index (χ3v) is 7.14. The maximum Gasteiger partial charge on any atom is 0.342 e. The number of pyridine rings is 1. The van der Waals surface area contributed by atoms with Crippen molar-refractivity contribution in [1.29, 1.82) is 0 Å². The topological polar surface area (TPSA) is 185 Å². The van der Waals surface area contributed by atoms with E-state index >= 15 is 0 Å². The van der Waals surface area contributed by atoms with E-state index in [9.17, 15) is 34.8 Å². The Kier molecular flexibility index (Phi) is 6.23. The van der Waals surface area contributed by atoms with Gasteiger partial charge < -0.3 is 39.9 Å². The number of aromatic hydroxyl groups is 4. The molecule has 38 heavy (non-hydrogen) atoms. The van der Waals surface area contributed by atoms with Crippen LogP contribution in [0, 0.1) is 5.92 Å². The first-order valence-corrected chi connectivity index (χ1v) is 12.1. The molecule has 0 atom stereocenters. The molecule has 198 valence electrons. The number of aromatic nitrogens is 1. The minimum atomic E-state index is -1.02. The van der Waals surface area contributed by atoms with Crippen LogP contribution in [0.4, 0.5) is 0 Å². The van der Waals surface area contributed by atoms with Crippen LogP contribution in [0.25, 0.3) is 33.0 Å². The number of phenols is 4. The van der Waals surface area contributed by atoms with Crippen LogP contribution >= 0.6 is 0 Å². The molecule has 0 unspecified atom stereocenters. The smallest absolute Gasteiger partial charge is 0.342 e. The number of carbonyl (C=O) groups excluding carboxylic acids is 1. The molecule has 6 N–H and O–H groups in total. The Morgan fingerprint density at radius 1 is 1.00 bits per heavy atom. The van der Waals surface area contributed by atoms with Crippen molar-refractivity contribution in [3.63, 3.8) is 0 Å². The van der Waals surface area contributed by atoms with Crippen LogP contribution in [0.2, 0.25) is 0 Å². The number of hydrogen-bond donors (Lipinski definition) is 5. The van der Waals surface area contributed by atoms with Crippen molar-refractivity contribution in [3.05, 3.63) is 56.7 Å². The molecule has 2 heterocycles. The summed E-state index contributed by atoms with van der Waals surface area (Å²) in [5.41, 5.74) is 3.70. The third kappa shape index (κ3) is 4.20. The van der Waals surface area contributed by atoms with Gasteiger partial charge in [-0.25, -0.2) is 4.79 Å². The summed E-state index contributed by atoms with van der Waals surface area (Å²) in [6, 6.07) is 3.41. The summed E-state index contributed by atoms with van der Waals surface area (Å²) in [5, 5.41) is 40.2. The van der Waals surface area contributed by atoms with Crippen molar-refractivity contribution in [2.45, 2.75) is 31.7 Å². The standard InChI is InChI=1S/C27H26N2O9/c1-29-9-15(24(33)14-6-18(30)19(31)7-17(14)29)16-11-37-21-8-20(32)26(35)23(22(21)25(16)34)27(36)38-10-12-2-4-13(28)5-3-12/h6-9,11-13,30-32,35H,2-5,10,28H2,1H3/t12-,13-. The van der Waals surface area contributed by atoms with Gasteiger partial charge in [-0.3, -0.25) is 9.59 Å². The highest BCUT2D eigenvalue weighted by Crippen LogP contribution is 2.36. The van der Waals surface area contributed by atoms with Crippen LogP contribution in [-0.4, -0.2) is 43.6 Å². The van der Waals surface area contributed by atoms with Crippen LogP contribution in [0.15, 0.2) is 44.7 Å². The van der Waals surface area contributed by atoms with E-state index in [0.29, 0.717) is 5.52 Å². The molecule has 1 aliphatic rings. The predicted molar refractivity (Wildman–Crippen MR) is 138 cm³/mol. The summed E-state index contributed by atoms with van der Waals surface area (Å²) in [6.45, 7) is 0.0503. The molecule has 0 amide bonds. The predicted octanol–water partition coefficient (Wildman–Crippen LogP) is 2.81. The van der Waals surface area contributed by atoms with E-state index < -0.39 is 45.4 Å². The van der Waals surface area contributed by atoms with Gasteiger partial charge in [0.15, 0.2) is 28.4 Å². The molecular weight excluding hydrogens is 496 g/mol. The second-order valence-electron chi connectivity index (χ2n) is 9.69. The summed E-state index contributed by atoms with van der Waals surface area (Å²) in [7, 11) is 1.58. The first-order valence-electron chi connectivity index (χ1n) is 12.1. The zero-order valence-electron chi connectivity index (χ0n) is 20.4. The Hall–Kier alpha value is -4.51. The molecule has 1 saturated carbocycles. The first-order chi connectivity index (χ1) is 18.1. The van der Waals surface area contributed by atoms with Gasteiger partial charge in [0.25, 0.3) is 0 Å². The summed E-state index contributed by atoms with van der Waals surface area (Å²) in [6.07, 6.45) is 5.51. The van der Waals surface area contributed by atoms with Crippen molar-refractivity contribution >= 4 is 27.8 Å². The summed E-state index contributed by atoms with van der Waals surface area (Å²) < 4.78 is 12.4. The second kappa shape index (κ2) is 9.42. The molecule has 0 spiro atoms. The van der Waals surface area contributed by atoms with Gasteiger partial charge in [0.2, 0.25) is 5.43 Å².